The van der Waals surface area contributed by atoms with Crippen LogP contribution in [0.1, 0.15) is 71.6 Å². The second-order valence-electron chi connectivity index (χ2n) is 6.22. The van der Waals surface area contributed by atoms with Gasteiger partial charge in [-0.2, -0.15) is 0 Å². The van der Waals surface area contributed by atoms with E-state index in [0.29, 0.717) is 6.04 Å². The number of nitrogens with two attached hydrogens (primary N) is 1. The molecule has 0 heterocycles. The first-order valence-corrected chi connectivity index (χ1v) is 8.21. The van der Waals surface area contributed by atoms with Gasteiger partial charge in [-0.25, -0.2) is 0 Å². The molecule has 0 saturated heterocycles. The van der Waals surface area contributed by atoms with Crippen LogP contribution in [0, 0.1) is 11.8 Å². The first-order valence-electron chi connectivity index (χ1n) is 8.21. The molecule has 0 spiro atoms. The number of hydrogen-bond donors (Lipinski definition) is 2. The van der Waals surface area contributed by atoms with E-state index in [-0.39, 0.29) is 0 Å². The molecule has 1 aliphatic rings. The minimum absolute atomic E-state index is 0.563. The molecule has 0 radical (unpaired) electrons. The third kappa shape index (κ3) is 7.38. The third-order valence-electron chi connectivity index (χ3n) is 4.39. The Bertz CT molecular complexity index is 194. The average molecular weight is 254 g/mol. The molecule has 1 aliphatic carbocycles. The van der Waals surface area contributed by atoms with Gasteiger partial charge in [0.1, 0.15) is 0 Å². The highest BCUT2D eigenvalue weighted by Crippen LogP contribution is 2.36. The van der Waals surface area contributed by atoms with Crippen molar-refractivity contribution in [3.8, 4) is 0 Å². The van der Waals surface area contributed by atoms with Crippen LogP contribution in [0.4, 0.5) is 0 Å². The van der Waals surface area contributed by atoms with E-state index in [2.05, 4.69) is 19.2 Å². The van der Waals surface area contributed by atoms with Crippen LogP contribution >= 0.6 is 0 Å². The largest absolute Gasteiger partial charge is 0.329 e. The Morgan fingerprint density at radius 2 is 1.72 bits per heavy atom. The summed E-state index contributed by atoms with van der Waals surface area (Å²) < 4.78 is 0. The van der Waals surface area contributed by atoms with E-state index in [1.165, 1.54) is 64.3 Å². The number of hydrogen-bond acceptors (Lipinski definition) is 2. The summed E-state index contributed by atoms with van der Waals surface area (Å²) in [6.07, 6.45) is 12.4. The summed E-state index contributed by atoms with van der Waals surface area (Å²) in [7, 11) is 0. The molecular formula is C16H34N2. The van der Waals surface area contributed by atoms with Gasteiger partial charge in [-0.15, -0.1) is 0 Å². The van der Waals surface area contributed by atoms with Crippen molar-refractivity contribution in [2.45, 2.75) is 77.7 Å². The molecule has 0 amide bonds. The van der Waals surface area contributed by atoms with E-state index in [0.717, 1.165) is 18.4 Å². The van der Waals surface area contributed by atoms with Crippen molar-refractivity contribution in [3.05, 3.63) is 0 Å². The summed E-state index contributed by atoms with van der Waals surface area (Å²) in [6.45, 7) is 6.62. The highest BCUT2D eigenvalue weighted by atomic mass is 14.9. The Morgan fingerprint density at radius 3 is 2.28 bits per heavy atom. The fraction of sp³-hybridized carbons (Fsp3) is 1.00. The highest BCUT2D eigenvalue weighted by Gasteiger charge is 2.32. The Morgan fingerprint density at radius 1 is 1.11 bits per heavy atom. The minimum atomic E-state index is 0.563. The van der Waals surface area contributed by atoms with Gasteiger partial charge in [0.2, 0.25) is 0 Å². The number of nitrogens with one attached hydrogen (secondary N) is 1. The van der Waals surface area contributed by atoms with Crippen LogP contribution in [0.25, 0.3) is 0 Å². The van der Waals surface area contributed by atoms with Crippen LogP contribution in [-0.4, -0.2) is 19.1 Å². The molecule has 0 bridgehead atoms. The van der Waals surface area contributed by atoms with Gasteiger partial charge in [-0.05, 0) is 31.2 Å². The second kappa shape index (κ2) is 9.80. The van der Waals surface area contributed by atoms with Crippen molar-refractivity contribution >= 4 is 0 Å². The van der Waals surface area contributed by atoms with Crippen molar-refractivity contribution in [2.75, 3.05) is 13.1 Å². The van der Waals surface area contributed by atoms with Gasteiger partial charge < -0.3 is 11.1 Å². The first-order chi connectivity index (χ1) is 8.77. The zero-order chi connectivity index (χ0) is 13.2. The molecule has 0 aliphatic heterocycles. The molecule has 0 aromatic carbocycles. The van der Waals surface area contributed by atoms with E-state index >= 15 is 0 Å². The van der Waals surface area contributed by atoms with Gasteiger partial charge in [-0.3, -0.25) is 0 Å². The van der Waals surface area contributed by atoms with Gasteiger partial charge in [0.25, 0.3) is 0 Å². The van der Waals surface area contributed by atoms with Gasteiger partial charge in [-0.1, -0.05) is 58.8 Å². The predicted octanol–water partition coefficient (Wildman–Crippen LogP) is 3.70. The molecule has 3 unspecified atom stereocenters. The van der Waals surface area contributed by atoms with Crippen LogP contribution in [0.15, 0.2) is 0 Å². The van der Waals surface area contributed by atoms with Gasteiger partial charge in [0, 0.05) is 12.6 Å². The SMILES string of the molecule is CCCCCCCCCC(CN)NCC1CC1C. The van der Waals surface area contributed by atoms with Crippen LogP contribution in [0.5, 0.6) is 0 Å². The van der Waals surface area contributed by atoms with Crippen molar-refractivity contribution in [2.24, 2.45) is 17.6 Å². The van der Waals surface area contributed by atoms with Crippen molar-refractivity contribution in [3.63, 3.8) is 0 Å². The van der Waals surface area contributed by atoms with Crippen LogP contribution in [0.3, 0.4) is 0 Å². The maximum absolute atomic E-state index is 5.83. The molecule has 3 N–H and O–H groups in total. The molecule has 1 rings (SSSR count). The second-order valence-corrected chi connectivity index (χ2v) is 6.22. The average Bonchev–Trinajstić information content (AvgIpc) is 3.08. The molecule has 2 heteroatoms. The Kier molecular flexibility index (Phi) is 8.70. The number of unbranched alkanes of at least 4 members (excludes halogenated alkanes) is 6. The minimum Gasteiger partial charge on any atom is -0.329 e. The number of rotatable bonds is 12. The lowest BCUT2D eigenvalue weighted by molar-refractivity contribution is 0.445. The quantitative estimate of drug-likeness (QED) is 0.521. The highest BCUT2D eigenvalue weighted by molar-refractivity contribution is 4.85. The van der Waals surface area contributed by atoms with E-state index < -0.39 is 0 Å². The fourth-order valence-electron chi connectivity index (χ4n) is 2.65. The van der Waals surface area contributed by atoms with E-state index in [9.17, 15) is 0 Å². The lowest BCUT2D eigenvalue weighted by Crippen LogP contribution is -2.37. The predicted molar refractivity (Wildman–Crippen MR) is 80.7 cm³/mol. The normalized spacial score (nSPS) is 24.2. The summed E-state index contributed by atoms with van der Waals surface area (Å²) in [4.78, 5) is 0. The molecule has 2 nitrogen and oxygen atoms in total. The van der Waals surface area contributed by atoms with E-state index in [4.69, 9.17) is 5.73 Å². The van der Waals surface area contributed by atoms with Crippen LogP contribution in [0.2, 0.25) is 0 Å². The van der Waals surface area contributed by atoms with Crippen molar-refractivity contribution < 1.29 is 0 Å². The lowest BCUT2D eigenvalue weighted by Gasteiger charge is -2.16. The van der Waals surface area contributed by atoms with Crippen LogP contribution < -0.4 is 11.1 Å². The summed E-state index contributed by atoms with van der Waals surface area (Å²) in [5.41, 5.74) is 5.83. The van der Waals surface area contributed by atoms with Crippen molar-refractivity contribution in [1.29, 1.82) is 0 Å². The monoisotopic (exact) mass is 254 g/mol. The summed E-state index contributed by atoms with van der Waals surface area (Å²) in [6, 6.07) is 0.563. The van der Waals surface area contributed by atoms with Gasteiger partial charge >= 0.3 is 0 Å². The first kappa shape index (κ1) is 16.0. The smallest absolute Gasteiger partial charge is 0.0190 e. The fourth-order valence-corrected chi connectivity index (χ4v) is 2.65. The van der Waals surface area contributed by atoms with Gasteiger partial charge in [0.05, 0.1) is 0 Å². The molecule has 1 saturated carbocycles. The van der Waals surface area contributed by atoms with Crippen LogP contribution in [-0.2, 0) is 0 Å². The van der Waals surface area contributed by atoms with E-state index in [1.807, 2.05) is 0 Å². The summed E-state index contributed by atoms with van der Waals surface area (Å²) in [5.74, 6) is 1.89. The molecule has 108 valence electrons. The molecule has 3 atom stereocenters. The Balaban J connectivity index is 1.88. The third-order valence-corrected chi connectivity index (χ3v) is 4.39. The lowest BCUT2D eigenvalue weighted by atomic mass is 10.0. The zero-order valence-corrected chi connectivity index (χ0v) is 12.6. The molecular weight excluding hydrogens is 220 g/mol. The van der Waals surface area contributed by atoms with Gasteiger partial charge in [0.15, 0.2) is 0 Å². The zero-order valence-electron chi connectivity index (χ0n) is 12.6. The Labute approximate surface area is 114 Å². The molecule has 0 aromatic heterocycles. The maximum Gasteiger partial charge on any atom is 0.0190 e. The molecule has 18 heavy (non-hydrogen) atoms. The Hall–Kier alpha value is -0.0800. The standard InChI is InChI=1S/C16H34N2/c1-3-4-5-6-7-8-9-10-16(12-17)18-13-15-11-14(15)2/h14-16,18H,3-13,17H2,1-2H3. The summed E-state index contributed by atoms with van der Waals surface area (Å²) >= 11 is 0. The maximum atomic E-state index is 5.83. The molecule has 0 aromatic rings. The van der Waals surface area contributed by atoms with Crippen molar-refractivity contribution in [1.82, 2.24) is 5.32 Å². The topological polar surface area (TPSA) is 38.0 Å². The van der Waals surface area contributed by atoms with E-state index in [1.54, 1.807) is 0 Å². The summed E-state index contributed by atoms with van der Waals surface area (Å²) in [5, 5.41) is 3.65. The molecule has 1 fully saturated rings.